The summed E-state index contributed by atoms with van der Waals surface area (Å²) >= 11 is 6.75. The molecule has 2 heteroatoms. The van der Waals surface area contributed by atoms with Gasteiger partial charge < -0.3 is 0 Å². The zero-order chi connectivity index (χ0) is 13.9. The number of nitrogens with zero attached hydrogens (tertiary/aromatic N) is 1. The van der Waals surface area contributed by atoms with Crippen LogP contribution in [-0.2, 0) is 0 Å². The lowest BCUT2D eigenvalue weighted by Crippen LogP contribution is -2.03. The Hall–Kier alpha value is -1.86. The van der Waals surface area contributed by atoms with Crippen molar-refractivity contribution in [2.75, 3.05) is 0 Å². The highest BCUT2D eigenvalue weighted by Crippen LogP contribution is 2.38. The molecular formula is C18H16ClN. The predicted molar refractivity (Wildman–Crippen MR) is 85.2 cm³/mol. The molecule has 0 bridgehead atoms. The van der Waals surface area contributed by atoms with E-state index in [9.17, 15) is 0 Å². The molecule has 0 spiro atoms. The molecule has 0 aliphatic carbocycles. The van der Waals surface area contributed by atoms with E-state index in [1.165, 1.54) is 21.9 Å². The average molecular weight is 282 g/mol. The average Bonchev–Trinajstić information content (AvgIpc) is 2.54. The number of hydrogen-bond donors (Lipinski definition) is 0. The number of halogens is 1. The summed E-state index contributed by atoms with van der Waals surface area (Å²) in [5.41, 5.74) is 2.40. The summed E-state index contributed by atoms with van der Waals surface area (Å²) in [6, 6.07) is 18.8. The minimum atomic E-state index is -0.0523. The van der Waals surface area contributed by atoms with Gasteiger partial charge in [0, 0.05) is 18.3 Å². The molecule has 2 aromatic carbocycles. The van der Waals surface area contributed by atoms with E-state index < -0.39 is 0 Å². The van der Waals surface area contributed by atoms with Crippen LogP contribution in [0.5, 0.6) is 0 Å². The third-order valence-electron chi connectivity index (χ3n) is 3.79. The van der Waals surface area contributed by atoms with Gasteiger partial charge in [-0.15, -0.1) is 11.6 Å². The smallest absolute Gasteiger partial charge is 0.0657 e. The second-order valence-corrected chi connectivity index (χ2v) is 5.51. The first kappa shape index (κ1) is 13.1. The van der Waals surface area contributed by atoms with Crippen molar-refractivity contribution >= 4 is 22.4 Å². The predicted octanol–water partition coefficient (Wildman–Crippen LogP) is 5.32. The molecule has 0 radical (unpaired) electrons. The van der Waals surface area contributed by atoms with E-state index in [1.54, 1.807) is 0 Å². The Bertz CT molecular complexity index is 703. The Balaban J connectivity index is 2.03. The lowest BCUT2D eigenvalue weighted by molar-refractivity contribution is 0.734. The quantitative estimate of drug-likeness (QED) is 0.592. The first-order valence-corrected chi connectivity index (χ1v) is 7.22. The maximum atomic E-state index is 6.75. The van der Waals surface area contributed by atoms with Crippen molar-refractivity contribution in [3.63, 3.8) is 0 Å². The van der Waals surface area contributed by atoms with Crippen molar-refractivity contribution in [2.24, 2.45) is 0 Å². The number of hydrogen-bond acceptors (Lipinski definition) is 1. The van der Waals surface area contributed by atoms with Crippen molar-refractivity contribution in [1.29, 1.82) is 0 Å². The number of fused-ring (bicyclic) bond motifs is 1. The van der Waals surface area contributed by atoms with E-state index in [2.05, 4.69) is 54.4 Å². The molecule has 1 nitrogen and oxygen atoms in total. The van der Waals surface area contributed by atoms with Gasteiger partial charge in [0.15, 0.2) is 0 Å². The molecule has 0 aliphatic heterocycles. The highest BCUT2D eigenvalue weighted by molar-refractivity contribution is 6.22. The molecule has 2 atom stereocenters. The molecule has 0 saturated heterocycles. The summed E-state index contributed by atoms with van der Waals surface area (Å²) in [5.74, 6) is 0.241. The van der Waals surface area contributed by atoms with Crippen LogP contribution in [0.1, 0.15) is 29.3 Å². The third-order valence-corrected chi connectivity index (χ3v) is 4.40. The van der Waals surface area contributed by atoms with Gasteiger partial charge in [0.05, 0.1) is 5.38 Å². The van der Waals surface area contributed by atoms with Crippen LogP contribution in [0.3, 0.4) is 0 Å². The molecular weight excluding hydrogens is 266 g/mol. The van der Waals surface area contributed by atoms with Crippen LogP contribution < -0.4 is 0 Å². The van der Waals surface area contributed by atoms with E-state index in [0.29, 0.717) is 0 Å². The zero-order valence-electron chi connectivity index (χ0n) is 11.3. The van der Waals surface area contributed by atoms with Crippen LogP contribution in [0.25, 0.3) is 10.8 Å². The van der Waals surface area contributed by atoms with E-state index in [-0.39, 0.29) is 11.3 Å². The van der Waals surface area contributed by atoms with Gasteiger partial charge in [0.25, 0.3) is 0 Å². The SMILES string of the molecule is CC(c1ccncc1)C(Cl)c1cccc2ccccc12. The molecule has 3 rings (SSSR count). The maximum absolute atomic E-state index is 6.75. The number of aromatic nitrogens is 1. The lowest BCUT2D eigenvalue weighted by atomic mass is 9.91. The first-order valence-electron chi connectivity index (χ1n) is 6.79. The van der Waals surface area contributed by atoms with Gasteiger partial charge in [-0.05, 0) is 34.0 Å². The van der Waals surface area contributed by atoms with Gasteiger partial charge in [-0.3, -0.25) is 4.98 Å². The summed E-state index contributed by atoms with van der Waals surface area (Å²) in [6.45, 7) is 2.16. The fourth-order valence-corrected chi connectivity index (χ4v) is 2.93. The van der Waals surface area contributed by atoms with Crippen LogP contribution in [0.4, 0.5) is 0 Å². The molecule has 1 heterocycles. The van der Waals surface area contributed by atoms with E-state index in [4.69, 9.17) is 11.6 Å². The van der Waals surface area contributed by atoms with Gasteiger partial charge in [-0.2, -0.15) is 0 Å². The van der Waals surface area contributed by atoms with E-state index in [1.807, 2.05) is 24.5 Å². The molecule has 0 amide bonds. The van der Waals surface area contributed by atoms with Gasteiger partial charge in [0.2, 0.25) is 0 Å². The minimum Gasteiger partial charge on any atom is -0.265 e. The molecule has 3 aromatic rings. The third kappa shape index (κ3) is 2.41. The molecule has 2 unspecified atom stereocenters. The zero-order valence-corrected chi connectivity index (χ0v) is 12.1. The van der Waals surface area contributed by atoms with Crippen molar-refractivity contribution < 1.29 is 0 Å². The highest BCUT2D eigenvalue weighted by Gasteiger charge is 2.20. The Labute approximate surface area is 124 Å². The van der Waals surface area contributed by atoms with Gasteiger partial charge in [0.1, 0.15) is 0 Å². The van der Waals surface area contributed by atoms with Crippen LogP contribution in [0.15, 0.2) is 67.0 Å². The molecule has 0 N–H and O–H groups in total. The molecule has 0 fully saturated rings. The number of alkyl halides is 1. The summed E-state index contributed by atoms with van der Waals surface area (Å²) in [6.07, 6.45) is 3.64. The number of benzene rings is 2. The van der Waals surface area contributed by atoms with Gasteiger partial charge >= 0.3 is 0 Å². The lowest BCUT2D eigenvalue weighted by Gasteiger charge is -2.20. The number of pyridine rings is 1. The van der Waals surface area contributed by atoms with Crippen molar-refractivity contribution in [3.8, 4) is 0 Å². The monoisotopic (exact) mass is 281 g/mol. The second-order valence-electron chi connectivity index (χ2n) is 5.04. The van der Waals surface area contributed by atoms with E-state index >= 15 is 0 Å². The van der Waals surface area contributed by atoms with Crippen LogP contribution >= 0.6 is 11.6 Å². The standard InChI is InChI=1S/C18H16ClN/c1-13(14-9-11-20-12-10-14)18(19)17-8-4-6-15-5-2-3-7-16(15)17/h2-13,18H,1H3. The molecule has 20 heavy (non-hydrogen) atoms. The van der Waals surface area contributed by atoms with Crippen molar-refractivity contribution in [2.45, 2.75) is 18.2 Å². The normalized spacial score (nSPS) is 14.1. The molecule has 1 aromatic heterocycles. The second kappa shape index (κ2) is 5.64. The molecule has 0 saturated carbocycles. The first-order chi connectivity index (χ1) is 9.77. The van der Waals surface area contributed by atoms with Crippen molar-refractivity contribution in [1.82, 2.24) is 4.98 Å². The van der Waals surface area contributed by atoms with Crippen LogP contribution in [0.2, 0.25) is 0 Å². The molecule has 100 valence electrons. The summed E-state index contributed by atoms with van der Waals surface area (Å²) in [5, 5.41) is 2.41. The Morgan fingerprint density at radius 3 is 2.40 bits per heavy atom. The number of rotatable bonds is 3. The van der Waals surface area contributed by atoms with Crippen LogP contribution in [-0.4, -0.2) is 4.98 Å². The van der Waals surface area contributed by atoms with Crippen molar-refractivity contribution in [3.05, 3.63) is 78.1 Å². The summed E-state index contributed by atoms with van der Waals surface area (Å²) in [7, 11) is 0. The highest BCUT2D eigenvalue weighted by atomic mass is 35.5. The fraction of sp³-hybridized carbons (Fsp3) is 0.167. The van der Waals surface area contributed by atoms with Gasteiger partial charge in [-0.25, -0.2) is 0 Å². The Kier molecular flexibility index (Phi) is 3.70. The van der Waals surface area contributed by atoms with Gasteiger partial charge in [-0.1, -0.05) is 49.4 Å². The Morgan fingerprint density at radius 1 is 0.900 bits per heavy atom. The topological polar surface area (TPSA) is 12.9 Å². The summed E-state index contributed by atoms with van der Waals surface area (Å²) in [4.78, 5) is 4.07. The minimum absolute atomic E-state index is 0.0523. The molecule has 0 aliphatic rings. The van der Waals surface area contributed by atoms with Crippen LogP contribution in [0, 0.1) is 0 Å². The maximum Gasteiger partial charge on any atom is 0.0657 e. The van der Waals surface area contributed by atoms with E-state index in [0.717, 1.165) is 0 Å². The Morgan fingerprint density at radius 2 is 1.60 bits per heavy atom. The largest absolute Gasteiger partial charge is 0.265 e. The fourth-order valence-electron chi connectivity index (χ4n) is 2.60. The summed E-state index contributed by atoms with van der Waals surface area (Å²) < 4.78 is 0.